The van der Waals surface area contributed by atoms with Gasteiger partial charge in [-0.25, -0.2) is 9.48 Å². The molecule has 0 atom stereocenters. The first kappa shape index (κ1) is 19.6. The molecule has 0 unspecified atom stereocenters. The quantitative estimate of drug-likeness (QED) is 0.627. The predicted octanol–water partition coefficient (Wildman–Crippen LogP) is 4.11. The number of amides is 1. The Bertz CT molecular complexity index is 1010. The highest BCUT2D eigenvalue weighted by Crippen LogP contribution is 2.24. The third-order valence-electron chi connectivity index (χ3n) is 4.56. The molecule has 2 aromatic carbocycles. The zero-order chi connectivity index (χ0) is 19.9. The summed E-state index contributed by atoms with van der Waals surface area (Å²) in [6, 6.07) is 15.3. The zero-order valence-corrected chi connectivity index (χ0v) is 16.3. The molecule has 0 bridgehead atoms. The Morgan fingerprint density at radius 3 is 2.46 bits per heavy atom. The highest BCUT2D eigenvalue weighted by atomic mass is 16.5. The molecule has 0 saturated carbocycles. The molecule has 0 aliphatic heterocycles. The minimum atomic E-state index is -0.403. The second-order valence-corrected chi connectivity index (χ2v) is 6.56. The van der Waals surface area contributed by atoms with Crippen molar-refractivity contribution in [3.8, 4) is 11.3 Å². The number of unbranched alkanes of at least 4 members (excludes halogenated alkanes) is 1. The Balaban J connectivity index is 1.80. The average molecular weight is 379 g/mol. The van der Waals surface area contributed by atoms with Gasteiger partial charge in [0.15, 0.2) is 0 Å². The third-order valence-corrected chi connectivity index (χ3v) is 4.56. The lowest BCUT2D eigenvalue weighted by Gasteiger charge is -2.11. The number of ether oxygens (including phenoxy) is 1. The van der Waals surface area contributed by atoms with Crippen molar-refractivity contribution in [3.05, 3.63) is 64.4 Å². The van der Waals surface area contributed by atoms with Crippen LogP contribution in [0.25, 0.3) is 22.0 Å². The molecule has 0 spiro atoms. The lowest BCUT2D eigenvalue weighted by molar-refractivity contribution is 0.144. The molecule has 3 aromatic rings. The lowest BCUT2D eigenvalue weighted by Crippen LogP contribution is -2.24. The molecule has 3 rings (SSSR count). The fourth-order valence-electron chi connectivity index (χ4n) is 2.98. The summed E-state index contributed by atoms with van der Waals surface area (Å²) in [4.78, 5) is 24.1. The first-order valence-corrected chi connectivity index (χ1v) is 9.63. The van der Waals surface area contributed by atoms with Gasteiger partial charge in [0.25, 0.3) is 5.56 Å². The summed E-state index contributed by atoms with van der Waals surface area (Å²) in [5, 5.41) is 8.80. The average Bonchev–Trinajstić information content (AvgIpc) is 2.73. The zero-order valence-electron chi connectivity index (χ0n) is 16.3. The van der Waals surface area contributed by atoms with E-state index in [4.69, 9.17) is 4.74 Å². The second-order valence-electron chi connectivity index (χ2n) is 6.56. The van der Waals surface area contributed by atoms with Crippen LogP contribution in [0.2, 0.25) is 0 Å². The number of aryl methyl sites for hydroxylation is 1. The van der Waals surface area contributed by atoms with Crippen LogP contribution in [-0.2, 0) is 17.8 Å². The first-order chi connectivity index (χ1) is 13.6. The number of alkyl carbamates (subject to hydrolysis) is 1. The molecule has 1 heterocycles. The van der Waals surface area contributed by atoms with Crippen LogP contribution in [-0.4, -0.2) is 22.5 Å². The van der Waals surface area contributed by atoms with E-state index in [1.54, 1.807) is 0 Å². The third kappa shape index (κ3) is 4.39. The molecule has 28 heavy (non-hydrogen) atoms. The number of hydrogen-bond acceptors (Lipinski definition) is 4. The van der Waals surface area contributed by atoms with E-state index >= 15 is 0 Å². The molecular formula is C22H25N3O3. The van der Waals surface area contributed by atoms with E-state index in [-0.39, 0.29) is 5.56 Å². The van der Waals surface area contributed by atoms with Gasteiger partial charge in [0.1, 0.15) is 0 Å². The molecule has 0 radical (unpaired) electrons. The predicted molar refractivity (Wildman–Crippen MR) is 110 cm³/mol. The van der Waals surface area contributed by atoms with Crippen LogP contribution in [0.1, 0.15) is 32.3 Å². The number of carbonyl (C=O) groups is 1. The monoisotopic (exact) mass is 379 g/mol. The molecule has 1 N–H and O–H groups in total. The van der Waals surface area contributed by atoms with E-state index in [9.17, 15) is 9.59 Å². The summed E-state index contributed by atoms with van der Waals surface area (Å²) < 4.78 is 6.58. The van der Waals surface area contributed by atoms with E-state index in [0.29, 0.717) is 25.1 Å². The molecule has 0 fully saturated rings. The van der Waals surface area contributed by atoms with E-state index in [1.165, 1.54) is 4.68 Å². The molecule has 1 amide bonds. The van der Waals surface area contributed by atoms with Crippen molar-refractivity contribution in [2.75, 3.05) is 6.61 Å². The summed E-state index contributed by atoms with van der Waals surface area (Å²) in [6.45, 7) is 5.30. The highest BCUT2D eigenvalue weighted by Gasteiger charge is 2.11. The van der Waals surface area contributed by atoms with Crippen molar-refractivity contribution in [3.63, 3.8) is 0 Å². The topological polar surface area (TPSA) is 73.2 Å². The van der Waals surface area contributed by atoms with Gasteiger partial charge in [0.05, 0.1) is 17.7 Å². The molecule has 6 nitrogen and oxygen atoms in total. The molecule has 146 valence electrons. The second kappa shape index (κ2) is 9.17. The fourth-order valence-corrected chi connectivity index (χ4v) is 2.98. The maximum absolute atomic E-state index is 12.5. The van der Waals surface area contributed by atoms with Gasteiger partial charge in [0, 0.05) is 24.0 Å². The number of benzene rings is 2. The Hall–Kier alpha value is -3.15. The van der Waals surface area contributed by atoms with Crippen LogP contribution in [0.5, 0.6) is 0 Å². The normalized spacial score (nSPS) is 10.8. The van der Waals surface area contributed by atoms with E-state index in [0.717, 1.165) is 35.0 Å². The van der Waals surface area contributed by atoms with Crippen molar-refractivity contribution >= 4 is 16.9 Å². The Morgan fingerprint density at radius 2 is 1.79 bits per heavy atom. The lowest BCUT2D eigenvalue weighted by atomic mass is 10.0. The molecule has 0 saturated heterocycles. The number of aromatic nitrogens is 2. The number of fused-ring (bicyclic) bond motifs is 1. The van der Waals surface area contributed by atoms with Gasteiger partial charge < -0.3 is 10.1 Å². The molecule has 1 aromatic heterocycles. The number of hydrogen-bond donors (Lipinski definition) is 1. The standard InChI is InChI=1S/C22H25N3O3/c1-3-5-14-28-22(27)23-15-16-10-12-17(13-11-16)20-18-8-6-7-9-19(18)21(26)25(4-2)24-20/h6-13H,3-5,14-15H2,1-2H3,(H,23,27). The van der Waals surface area contributed by atoms with Gasteiger partial charge in [0.2, 0.25) is 0 Å². The Morgan fingerprint density at radius 1 is 1.07 bits per heavy atom. The van der Waals surface area contributed by atoms with Gasteiger partial charge in [-0.05, 0) is 25.0 Å². The SMILES string of the molecule is CCCCOC(=O)NCc1ccc(-c2nn(CC)c(=O)c3ccccc23)cc1. The van der Waals surface area contributed by atoms with E-state index < -0.39 is 6.09 Å². The van der Waals surface area contributed by atoms with Crippen molar-refractivity contribution in [1.29, 1.82) is 0 Å². The number of nitrogens with one attached hydrogen (secondary N) is 1. The highest BCUT2D eigenvalue weighted by molar-refractivity contribution is 5.93. The smallest absolute Gasteiger partial charge is 0.407 e. The van der Waals surface area contributed by atoms with Crippen molar-refractivity contribution in [2.45, 2.75) is 39.8 Å². The van der Waals surface area contributed by atoms with Crippen LogP contribution in [0.4, 0.5) is 4.79 Å². The Labute approximate surface area is 164 Å². The minimum Gasteiger partial charge on any atom is -0.450 e. The van der Waals surface area contributed by atoms with Gasteiger partial charge in [-0.2, -0.15) is 5.10 Å². The summed E-state index contributed by atoms with van der Waals surface area (Å²) >= 11 is 0. The Kier molecular flexibility index (Phi) is 6.42. The van der Waals surface area contributed by atoms with Crippen LogP contribution in [0.3, 0.4) is 0 Å². The number of nitrogens with zero attached hydrogens (tertiary/aromatic N) is 2. The van der Waals surface area contributed by atoms with Gasteiger partial charge >= 0.3 is 6.09 Å². The fraction of sp³-hybridized carbons (Fsp3) is 0.318. The summed E-state index contributed by atoms with van der Waals surface area (Å²) in [7, 11) is 0. The van der Waals surface area contributed by atoms with Crippen LogP contribution in [0, 0.1) is 0 Å². The van der Waals surface area contributed by atoms with Gasteiger partial charge in [-0.3, -0.25) is 4.79 Å². The maximum atomic E-state index is 12.5. The van der Waals surface area contributed by atoms with Crippen molar-refractivity contribution in [2.24, 2.45) is 0 Å². The minimum absolute atomic E-state index is 0.0794. The van der Waals surface area contributed by atoms with Crippen LogP contribution >= 0.6 is 0 Å². The van der Waals surface area contributed by atoms with Crippen LogP contribution < -0.4 is 10.9 Å². The first-order valence-electron chi connectivity index (χ1n) is 9.63. The van der Waals surface area contributed by atoms with Crippen LogP contribution in [0.15, 0.2) is 53.3 Å². The summed E-state index contributed by atoms with van der Waals surface area (Å²) in [6.07, 6.45) is 1.45. The number of rotatable bonds is 7. The van der Waals surface area contributed by atoms with E-state index in [2.05, 4.69) is 10.4 Å². The maximum Gasteiger partial charge on any atom is 0.407 e. The number of carbonyl (C=O) groups excluding carboxylic acids is 1. The largest absolute Gasteiger partial charge is 0.450 e. The molecular weight excluding hydrogens is 354 g/mol. The molecule has 6 heteroatoms. The van der Waals surface area contributed by atoms with Gasteiger partial charge in [-0.1, -0.05) is 55.8 Å². The van der Waals surface area contributed by atoms with E-state index in [1.807, 2.05) is 62.4 Å². The van der Waals surface area contributed by atoms with Gasteiger partial charge in [-0.15, -0.1) is 0 Å². The summed E-state index contributed by atoms with van der Waals surface area (Å²) in [5.41, 5.74) is 2.58. The van der Waals surface area contributed by atoms with Crippen molar-refractivity contribution in [1.82, 2.24) is 15.1 Å². The molecule has 0 aliphatic carbocycles. The summed E-state index contributed by atoms with van der Waals surface area (Å²) in [5.74, 6) is 0. The van der Waals surface area contributed by atoms with Crippen molar-refractivity contribution < 1.29 is 9.53 Å². The molecule has 0 aliphatic rings.